The van der Waals surface area contributed by atoms with Crippen LogP contribution in [0.2, 0.25) is 0 Å². The summed E-state index contributed by atoms with van der Waals surface area (Å²) < 4.78 is 11.0. The third-order valence-corrected chi connectivity index (χ3v) is 4.96. The average molecular weight is 341 g/mol. The minimum atomic E-state index is 0.393. The van der Waals surface area contributed by atoms with E-state index in [9.17, 15) is 0 Å². The van der Waals surface area contributed by atoms with Crippen LogP contribution in [0.25, 0.3) is 0 Å². The highest BCUT2D eigenvalue weighted by molar-refractivity contribution is 5.79. The van der Waals surface area contributed by atoms with Crippen molar-refractivity contribution in [2.24, 2.45) is 4.99 Å². The molecule has 140 valence electrons. The van der Waals surface area contributed by atoms with Gasteiger partial charge in [-0.15, -0.1) is 0 Å². The molecule has 24 heavy (non-hydrogen) atoms. The summed E-state index contributed by atoms with van der Waals surface area (Å²) in [7, 11) is 3.62. The van der Waals surface area contributed by atoms with E-state index in [4.69, 9.17) is 9.47 Å². The van der Waals surface area contributed by atoms with Crippen LogP contribution in [0.15, 0.2) is 4.99 Å². The highest BCUT2D eigenvalue weighted by Crippen LogP contribution is 2.14. The van der Waals surface area contributed by atoms with Crippen molar-refractivity contribution in [2.45, 2.75) is 44.6 Å². The topological polar surface area (TPSA) is 49.3 Å². The minimum absolute atomic E-state index is 0.393. The van der Waals surface area contributed by atoms with Gasteiger partial charge in [-0.3, -0.25) is 4.99 Å². The second kappa shape index (κ2) is 11.7. The predicted octanol–water partition coefficient (Wildman–Crippen LogP) is 1.57. The first kappa shape index (κ1) is 19.5. The second-order valence-electron chi connectivity index (χ2n) is 6.78. The fourth-order valence-electron chi connectivity index (χ4n) is 3.53. The first-order chi connectivity index (χ1) is 11.8. The molecule has 1 N–H and O–H groups in total. The van der Waals surface area contributed by atoms with Crippen LogP contribution in [0.3, 0.4) is 0 Å². The highest BCUT2D eigenvalue weighted by Gasteiger charge is 2.21. The molecule has 0 spiro atoms. The van der Waals surface area contributed by atoms with Crippen molar-refractivity contribution < 1.29 is 9.47 Å². The van der Waals surface area contributed by atoms with Gasteiger partial charge in [-0.25, -0.2) is 0 Å². The predicted molar refractivity (Wildman–Crippen MR) is 98.7 cm³/mol. The molecule has 0 unspecified atom stereocenters. The molecular formula is C18H36N4O2. The lowest BCUT2D eigenvalue weighted by atomic mass is 10.1. The van der Waals surface area contributed by atoms with Gasteiger partial charge in [-0.05, 0) is 45.2 Å². The molecule has 0 aromatic carbocycles. The summed E-state index contributed by atoms with van der Waals surface area (Å²) in [5, 5.41) is 3.54. The van der Waals surface area contributed by atoms with Crippen LogP contribution in [0.5, 0.6) is 0 Å². The molecule has 6 heteroatoms. The molecule has 6 nitrogen and oxygen atoms in total. The van der Waals surface area contributed by atoms with Gasteiger partial charge in [0.15, 0.2) is 5.96 Å². The Morgan fingerprint density at radius 3 is 2.50 bits per heavy atom. The molecule has 2 aliphatic heterocycles. The molecule has 0 aromatic rings. The molecule has 0 atom stereocenters. The van der Waals surface area contributed by atoms with Crippen LogP contribution in [-0.2, 0) is 9.47 Å². The quantitative estimate of drug-likeness (QED) is 0.413. The third-order valence-electron chi connectivity index (χ3n) is 4.96. The van der Waals surface area contributed by atoms with Crippen molar-refractivity contribution >= 4 is 5.96 Å². The van der Waals surface area contributed by atoms with E-state index in [0.717, 1.165) is 64.6 Å². The number of rotatable bonds is 8. The maximum atomic E-state index is 5.93. The van der Waals surface area contributed by atoms with Crippen molar-refractivity contribution in [3.05, 3.63) is 0 Å². The Labute approximate surface area is 147 Å². The lowest BCUT2D eigenvalue weighted by molar-refractivity contribution is 0.00989. The Hall–Kier alpha value is -0.850. The zero-order valence-electron chi connectivity index (χ0n) is 15.6. The smallest absolute Gasteiger partial charge is 0.193 e. The largest absolute Gasteiger partial charge is 0.385 e. The number of guanidine groups is 1. The Morgan fingerprint density at radius 2 is 1.83 bits per heavy atom. The molecule has 2 rings (SSSR count). The summed E-state index contributed by atoms with van der Waals surface area (Å²) in [6.45, 7) is 8.26. The van der Waals surface area contributed by atoms with Gasteiger partial charge < -0.3 is 24.6 Å². The second-order valence-corrected chi connectivity index (χ2v) is 6.78. The number of likely N-dealkylation sites (tertiary alicyclic amines) is 2. The first-order valence-electron chi connectivity index (χ1n) is 9.62. The molecule has 0 amide bonds. The van der Waals surface area contributed by atoms with Gasteiger partial charge in [0.05, 0.1) is 6.10 Å². The molecule has 0 radical (unpaired) electrons. The maximum Gasteiger partial charge on any atom is 0.193 e. The monoisotopic (exact) mass is 340 g/mol. The lowest BCUT2D eigenvalue weighted by Crippen LogP contribution is -2.48. The zero-order chi connectivity index (χ0) is 17.0. The van der Waals surface area contributed by atoms with Gasteiger partial charge in [0.1, 0.15) is 0 Å². The van der Waals surface area contributed by atoms with E-state index in [2.05, 4.69) is 20.1 Å². The van der Waals surface area contributed by atoms with E-state index in [-0.39, 0.29) is 0 Å². The Balaban J connectivity index is 1.60. The number of piperidine rings is 2. The Kier molecular flexibility index (Phi) is 9.46. The van der Waals surface area contributed by atoms with Crippen molar-refractivity contribution in [1.29, 1.82) is 0 Å². The summed E-state index contributed by atoms with van der Waals surface area (Å²) in [4.78, 5) is 9.39. The van der Waals surface area contributed by atoms with Crippen molar-refractivity contribution in [1.82, 2.24) is 15.1 Å². The van der Waals surface area contributed by atoms with E-state index in [0.29, 0.717) is 6.10 Å². The molecule has 0 saturated carbocycles. The average Bonchev–Trinajstić information content (AvgIpc) is 2.64. The molecular weight excluding hydrogens is 304 g/mol. The van der Waals surface area contributed by atoms with Gasteiger partial charge in [0, 0.05) is 53.6 Å². The molecule has 2 aliphatic rings. The van der Waals surface area contributed by atoms with Crippen LogP contribution in [0.1, 0.15) is 38.5 Å². The first-order valence-corrected chi connectivity index (χ1v) is 9.62. The summed E-state index contributed by atoms with van der Waals surface area (Å²) in [6.07, 6.45) is 7.65. The van der Waals surface area contributed by atoms with E-state index in [1.54, 1.807) is 7.11 Å². The summed E-state index contributed by atoms with van der Waals surface area (Å²) in [5.41, 5.74) is 0. The number of hydrogen-bond acceptors (Lipinski definition) is 4. The number of aliphatic imine (C=N–C) groups is 1. The van der Waals surface area contributed by atoms with E-state index < -0.39 is 0 Å². The van der Waals surface area contributed by atoms with Gasteiger partial charge in [0.25, 0.3) is 0 Å². The molecule has 2 fully saturated rings. The van der Waals surface area contributed by atoms with Gasteiger partial charge in [-0.1, -0.05) is 6.42 Å². The normalized spacial score (nSPS) is 21.2. The van der Waals surface area contributed by atoms with E-state index in [1.165, 1.54) is 32.4 Å². The van der Waals surface area contributed by atoms with Gasteiger partial charge >= 0.3 is 0 Å². The van der Waals surface area contributed by atoms with Crippen molar-refractivity contribution in [3.63, 3.8) is 0 Å². The van der Waals surface area contributed by atoms with Crippen LogP contribution >= 0.6 is 0 Å². The van der Waals surface area contributed by atoms with E-state index >= 15 is 0 Å². The highest BCUT2D eigenvalue weighted by atomic mass is 16.5. The Morgan fingerprint density at radius 1 is 1.08 bits per heavy atom. The lowest BCUT2D eigenvalue weighted by Gasteiger charge is -2.34. The summed E-state index contributed by atoms with van der Waals surface area (Å²) in [5.74, 6) is 1.05. The standard InChI is InChI=1S/C18H36N4O2/c1-19-18(20-9-14-21-10-4-3-5-11-21)22-12-7-17(8-13-22)24-16-6-15-23-2/h17H,3-16H2,1-2H3,(H,19,20). The van der Waals surface area contributed by atoms with Crippen LogP contribution in [0, 0.1) is 0 Å². The van der Waals surface area contributed by atoms with Gasteiger partial charge in [-0.2, -0.15) is 0 Å². The summed E-state index contributed by atoms with van der Waals surface area (Å²) in [6, 6.07) is 0. The number of methoxy groups -OCH3 is 1. The summed E-state index contributed by atoms with van der Waals surface area (Å²) >= 11 is 0. The number of nitrogens with zero attached hydrogens (tertiary/aromatic N) is 3. The number of ether oxygens (including phenoxy) is 2. The molecule has 0 aliphatic carbocycles. The molecule has 0 bridgehead atoms. The maximum absolute atomic E-state index is 5.93. The number of hydrogen-bond donors (Lipinski definition) is 1. The van der Waals surface area contributed by atoms with Crippen molar-refractivity contribution in [3.8, 4) is 0 Å². The number of nitrogens with one attached hydrogen (secondary N) is 1. The fourth-order valence-corrected chi connectivity index (χ4v) is 3.53. The third kappa shape index (κ3) is 6.95. The van der Waals surface area contributed by atoms with Gasteiger partial charge in [0.2, 0.25) is 0 Å². The Bertz CT molecular complexity index is 351. The van der Waals surface area contributed by atoms with Crippen molar-refractivity contribution in [2.75, 3.05) is 66.6 Å². The SMILES string of the molecule is CN=C(NCCN1CCCCC1)N1CCC(OCCCOC)CC1. The van der Waals surface area contributed by atoms with Crippen LogP contribution < -0.4 is 5.32 Å². The molecule has 0 aromatic heterocycles. The minimum Gasteiger partial charge on any atom is -0.385 e. The molecule has 2 heterocycles. The van der Waals surface area contributed by atoms with Crippen LogP contribution in [0.4, 0.5) is 0 Å². The zero-order valence-corrected chi connectivity index (χ0v) is 15.6. The molecule has 2 saturated heterocycles. The van der Waals surface area contributed by atoms with Crippen LogP contribution in [-0.4, -0.2) is 88.5 Å². The fraction of sp³-hybridized carbons (Fsp3) is 0.944. The van der Waals surface area contributed by atoms with E-state index in [1.807, 2.05) is 7.05 Å².